The molecule has 0 bridgehead atoms. The molecule has 4 rings (SSSR count). The van der Waals surface area contributed by atoms with Gasteiger partial charge in [0.15, 0.2) is 0 Å². The molecule has 166 valence electrons. The summed E-state index contributed by atoms with van der Waals surface area (Å²) in [7, 11) is 0. The van der Waals surface area contributed by atoms with E-state index in [-0.39, 0.29) is 47.9 Å². The Morgan fingerprint density at radius 3 is 2.59 bits per heavy atom. The van der Waals surface area contributed by atoms with E-state index in [4.69, 9.17) is 4.74 Å². The third-order valence-electron chi connectivity index (χ3n) is 5.48. The molecule has 1 unspecified atom stereocenters. The number of nitrogens with zero attached hydrogens (tertiary/aromatic N) is 3. The predicted octanol–water partition coefficient (Wildman–Crippen LogP) is 4.23. The van der Waals surface area contributed by atoms with Gasteiger partial charge in [0.2, 0.25) is 0 Å². The summed E-state index contributed by atoms with van der Waals surface area (Å²) in [5.74, 6) is -1.92. The Bertz CT molecular complexity index is 1130. The van der Waals surface area contributed by atoms with Gasteiger partial charge in [-0.3, -0.25) is 9.59 Å². The molecule has 1 amide bonds. The molecule has 8 heteroatoms. The van der Waals surface area contributed by atoms with Crippen molar-refractivity contribution in [1.29, 1.82) is 0 Å². The molecule has 1 aliphatic heterocycles. The van der Waals surface area contributed by atoms with Crippen molar-refractivity contribution >= 4 is 11.9 Å². The van der Waals surface area contributed by atoms with E-state index in [1.165, 1.54) is 41.1 Å². The van der Waals surface area contributed by atoms with Gasteiger partial charge in [0.1, 0.15) is 17.3 Å². The fourth-order valence-electron chi connectivity index (χ4n) is 3.89. The molecule has 2 aromatic carbocycles. The minimum absolute atomic E-state index is 0.208. The number of carbonyl (C=O) groups excluding carboxylic acids is 2. The predicted molar refractivity (Wildman–Crippen MR) is 114 cm³/mol. The lowest BCUT2D eigenvalue weighted by Gasteiger charge is -2.31. The van der Waals surface area contributed by atoms with Crippen LogP contribution < -0.4 is 0 Å². The van der Waals surface area contributed by atoms with E-state index in [0.717, 1.165) is 0 Å². The number of piperidine rings is 1. The van der Waals surface area contributed by atoms with Gasteiger partial charge in [-0.05, 0) is 62.2 Å². The molecule has 0 spiro atoms. The maximum Gasteiger partial charge on any atom is 0.310 e. The zero-order valence-corrected chi connectivity index (χ0v) is 17.6. The minimum Gasteiger partial charge on any atom is -0.466 e. The van der Waals surface area contributed by atoms with Gasteiger partial charge < -0.3 is 9.64 Å². The topological polar surface area (TPSA) is 64.4 Å². The summed E-state index contributed by atoms with van der Waals surface area (Å²) in [4.78, 5) is 27.2. The standard InChI is InChI=1S/C24H23F2N3O3/c1-2-32-24(31)16-6-5-13-28(15-16)23(30)22-14-21(19-7-3-4-8-20(19)26)27-29(22)18-11-9-17(25)10-12-18/h3-4,7-12,14,16H,2,5-6,13,15H2,1H3. The van der Waals surface area contributed by atoms with Gasteiger partial charge in [-0.2, -0.15) is 5.10 Å². The molecule has 0 N–H and O–H groups in total. The Morgan fingerprint density at radius 2 is 1.88 bits per heavy atom. The molecule has 2 heterocycles. The monoisotopic (exact) mass is 439 g/mol. The minimum atomic E-state index is -0.462. The molecule has 3 aromatic rings. The summed E-state index contributed by atoms with van der Waals surface area (Å²) in [5.41, 5.74) is 1.22. The van der Waals surface area contributed by atoms with Crippen LogP contribution in [0.15, 0.2) is 54.6 Å². The second-order valence-corrected chi connectivity index (χ2v) is 7.63. The van der Waals surface area contributed by atoms with Gasteiger partial charge in [0.05, 0.1) is 23.9 Å². The van der Waals surface area contributed by atoms with Crippen molar-refractivity contribution in [2.24, 2.45) is 5.92 Å². The number of ether oxygens (including phenoxy) is 1. The quantitative estimate of drug-likeness (QED) is 0.558. The zero-order valence-electron chi connectivity index (χ0n) is 17.6. The van der Waals surface area contributed by atoms with Crippen molar-refractivity contribution in [2.75, 3.05) is 19.7 Å². The Labute approximate surface area is 184 Å². The van der Waals surface area contributed by atoms with Crippen LogP contribution in [0.25, 0.3) is 16.9 Å². The maximum absolute atomic E-state index is 14.4. The van der Waals surface area contributed by atoms with Crippen molar-refractivity contribution in [3.05, 3.63) is 71.9 Å². The van der Waals surface area contributed by atoms with Gasteiger partial charge in [-0.25, -0.2) is 13.5 Å². The van der Waals surface area contributed by atoms with Crippen molar-refractivity contribution in [3.63, 3.8) is 0 Å². The van der Waals surface area contributed by atoms with Crippen LogP contribution in [0.3, 0.4) is 0 Å². The number of hydrogen-bond acceptors (Lipinski definition) is 4. The van der Waals surface area contributed by atoms with E-state index < -0.39 is 11.6 Å². The molecular formula is C24H23F2N3O3. The summed E-state index contributed by atoms with van der Waals surface area (Å²) in [6, 6.07) is 13.2. The van der Waals surface area contributed by atoms with Crippen molar-refractivity contribution in [1.82, 2.24) is 14.7 Å². The molecule has 32 heavy (non-hydrogen) atoms. The van der Waals surface area contributed by atoms with Crippen LogP contribution in [0.5, 0.6) is 0 Å². The SMILES string of the molecule is CCOC(=O)C1CCCN(C(=O)c2cc(-c3ccccc3F)nn2-c2ccc(F)cc2)C1. The average molecular weight is 439 g/mol. The van der Waals surface area contributed by atoms with Crippen LogP contribution in [0, 0.1) is 17.6 Å². The first kappa shape index (κ1) is 21.7. The molecule has 1 aliphatic rings. The highest BCUT2D eigenvalue weighted by Gasteiger charge is 2.32. The number of likely N-dealkylation sites (tertiary alicyclic amines) is 1. The first-order chi connectivity index (χ1) is 15.5. The summed E-state index contributed by atoms with van der Waals surface area (Å²) < 4.78 is 34.4. The lowest BCUT2D eigenvalue weighted by atomic mass is 9.98. The molecule has 1 aromatic heterocycles. The lowest BCUT2D eigenvalue weighted by Crippen LogP contribution is -2.43. The highest BCUT2D eigenvalue weighted by Crippen LogP contribution is 2.27. The van der Waals surface area contributed by atoms with E-state index in [1.54, 1.807) is 30.0 Å². The Hall–Kier alpha value is -3.55. The summed E-state index contributed by atoms with van der Waals surface area (Å²) >= 11 is 0. The summed E-state index contributed by atoms with van der Waals surface area (Å²) in [5, 5.41) is 4.46. The van der Waals surface area contributed by atoms with Crippen molar-refractivity contribution < 1.29 is 23.1 Å². The van der Waals surface area contributed by atoms with E-state index in [1.807, 2.05) is 0 Å². The van der Waals surface area contributed by atoms with Gasteiger partial charge >= 0.3 is 5.97 Å². The van der Waals surface area contributed by atoms with E-state index in [2.05, 4.69) is 5.10 Å². The number of rotatable bonds is 5. The number of halogens is 2. The number of amides is 1. The van der Waals surface area contributed by atoms with Gasteiger partial charge in [-0.1, -0.05) is 12.1 Å². The van der Waals surface area contributed by atoms with Crippen LogP contribution in [-0.2, 0) is 9.53 Å². The molecule has 1 saturated heterocycles. The van der Waals surface area contributed by atoms with Crippen LogP contribution in [0.4, 0.5) is 8.78 Å². The van der Waals surface area contributed by atoms with E-state index in [9.17, 15) is 18.4 Å². The number of carbonyl (C=O) groups is 2. The van der Waals surface area contributed by atoms with Crippen LogP contribution in [0.1, 0.15) is 30.3 Å². The average Bonchev–Trinajstić information content (AvgIpc) is 3.25. The number of hydrogen-bond donors (Lipinski definition) is 0. The summed E-state index contributed by atoms with van der Waals surface area (Å²) in [6.07, 6.45) is 1.32. The largest absolute Gasteiger partial charge is 0.466 e. The molecule has 1 fully saturated rings. The number of esters is 1. The second-order valence-electron chi connectivity index (χ2n) is 7.63. The first-order valence-electron chi connectivity index (χ1n) is 10.5. The van der Waals surface area contributed by atoms with Gasteiger partial charge in [0, 0.05) is 18.7 Å². The third-order valence-corrected chi connectivity index (χ3v) is 5.48. The smallest absolute Gasteiger partial charge is 0.310 e. The van der Waals surface area contributed by atoms with Crippen molar-refractivity contribution in [2.45, 2.75) is 19.8 Å². The van der Waals surface area contributed by atoms with Crippen LogP contribution in [-0.4, -0.2) is 46.3 Å². The lowest BCUT2D eigenvalue weighted by molar-refractivity contribution is -0.149. The summed E-state index contributed by atoms with van der Waals surface area (Å²) in [6.45, 7) is 2.75. The molecular weight excluding hydrogens is 416 g/mol. The van der Waals surface area contributed by atoms with Crippen LogP contribution in [0.2, 0.25) is 0 Å². The van der Waals surface area contributed by atoms with E-state index >= 15 is 0 Å². The van der Waals surface area contributed by atoms with Crippen molar-refractivity contribution in [3.8, 4) is 16.9 Å². The normalized spacial score (nSPS) is 16.1. The maximum atomic E-state index is 14.4. The Morgan fingerprint density at radius 1 is 1.12 bits per heavy atom. The Balaban J connectivity index is 1.71. The van der Waals surface area contributed by atoms with E-state index in [0.29, 0.717) is 25.1 Å². The highest BCUT2D eigenvalue weighted by molar-refractivity contribution is 5.95. The van der Waals surface area contributed by atoms with Gasteiger partial charge in [0.25, 0.3) is 5.91 Å². The van der Waals surface area contributed by atoms with Crippen LogP contribution >= 0.6 is 0 Å². The molecule has 1 atom stereocenters. The first-order valence-corrected chi connectivity index (χ1v) is 10.5. The molecule has 0 aliphatic carbocycles. The number of benzene rings is 2. The Kier molecular flexibility index (Phi) is 6.30. The second kappa shape index (κ2) is 9.30. The molecule has 0 saturated carbocycles. The van der Waals surface area contributed by atoms with Gasteiger partial charge in [-0.15, -0.1) is 0 Å². The molecule has 6 nitrogen and oxygen atoms in total. The number of aromatic nitrogens is 2. The molecule has 0 radical (unpaired) electrons. The fourth-order valence-corrected chi connectivity index (χ4v) is 3.89. The zero-order chi connectivity index (χ0) is 22.7. The fraction of sp³-hybridized carbons (Fsp3) is 0.292. The third kappa shape index (κ3) is 4.39. The highest BCUT2D eigenvalue weighted by atomic mass is 19.1.